The Bertz CT molecular complexity index is 587. The van der Waals surface area contributed by atoms with Crippen molar-refractivity contribution in [1.82, 2.24) is 14.9 Å². The van der Waals surface area contributed by atoms with Gasteiger partial charge in [-0.05, 0) is 43.3 Å². The minimum atomic E-state index is 0.286. The van der Waals surface area contributed by atoms with Crippen LogP contribution in [0.3, 0.4) is 0 Å². The quantitative estimate of drug-likeness (QED) is 0.644. The topological polar surface area (TPSA) is 68.9 Å². The van der Waals surface area contributed by atoms with Gasteiger partial charge in [0.25, 0.3) is 0 Å². The Kier molecular flexibility index (Phi) is 3.14. The number of H-pyrrole nitrogens is 1. The van der Waals surface area contributed by atoms with E-state index >= 15 is 0 Å². The molecule has 0 saturated carbocycles. The molecule has 2 rings (SSSR count). The summed E-state index contributed by atoms with van der Waals surface area (Å²) in [5, 5.41) is 6.59. The molecule has 0 unspecified atom stereocenters. The molecule has 0 aliphatic heterocycles. The van der Waals surface area contributed by atoms with Gasteiger partial charge in [0.05, 0.1) is 0 Å². The lowest BCUT2D eigenvalue weighted by Gasteiger charge is -2.09. The van der Waals surface area contributed by atoms with Crippen molar-refractivity contribution in [2.75, 3.05) is 5.84 Å². The molecule has 90 valence electrons. The summed E-state index contributed by atoms with van der Waals surface area (Å²) in [6.07, 6.45) is 0. The summed E-state index contributed by atoms with van der Waals surface area (Å²) in [6.45, 7) is 4.30. The first-order valence-corrected chi connectivity index (χ1v) is 5.60. The molecule has 17 heavy (non-hydrogen) atoms. The highest BCUT2D eigenvalue weighted by atomic mass is 32.1. The molecule has 0 saturated heterocycles. The van der Waals surface area contributed by atoms with Crippen LogP contribution in [0.1, 0.15) is 17.0 Å². The number of nitrogen functional groups attached to an aromatic ring is 1. The van der Waals surface area contributed by atoms with Gasteiger partial charge in [-0.1, -0.05) is 12.1 Å². The van der Waals surface area contributed by atoms with Crippen LogP contribution in [0.4, 0.5) is 0 Å². The molecule has 6 heteroatoms. The molecule has 1 heterocycles. The Hall–Kier alpha value is -1.82. The van der Waals surface area contributed by atoms with Crippen molar-refractivity contribution in [1.29, 1.82) is 0 Å². The second kappa shape index (κ2) is 4.58. The van der Waals surface area contributed by atoms with E-state index in [1.807, 2.05) is 32.0 Å². The molecular weight excluding hydrogens is 236 g/mol. The van der Waals surface area contributed by atoms with Crippen LogP contribution in [-0.4, -0.2) is 14.9 Å². The van der Waals surface area contributed by atoms with Crippen LogP contribution in [0.25, 0.3) is 0 Å². The Balaban J connectivity index is 2.15. The Labute approximate surface area is 104 Å². The van der Waals surface area contributed by atoms with Crippen molar-refractivity contribution in [3.05, 3.63) is 39.9 Å². The molecule has 0 fully saturated rings. The van der Waals surface area contributed by atoms with Crippen LogP contribution in [0.2, 0.25) is 0 Å². The molecule has 0 radical (unpaired) electrons. The fraction of sp³-hybridized carbons (Fsp3) is 0.273. The third-order valence-electron chi connectivity index (χ3n) is 2.48. The Morgan fingerprint density at radius 2 is 2.24 bits per heavy atom. The smallest absolute Gasteiger partial charge is 0.214 e. The van der Waals surface area contributed by atoms with E-state index in [-0.39, 0.29) is 6.61 Å². The molecule has 1 aromatic heterocycles. The zero-order chi connectivity index (χ0) is 12.4. The normalized spacial score (nSPS) is 10.5. The second-order valence-corrected chi connectivity index (χ2v) is 4.26. The zero-order valence-corrected chi connectivity index (χ0v) is 10.5. The van der Waals surface area contributed by atoms with E-state index in [0.29, 0.717) is 10.6 Å². The number of aryl methyl sites for hydroxylation is 2. The van der Waals surface area contributed by atoms with Gasteiger partial charge in [0, 0.05) is 0 Å². The first kappa shape index (κ1) is 11.7. The number of rotatable bonds is 3. The number of nitrogens with one attached hydrogen (secondary N) is 1. The van der Waals surface area contributed by atoms with Gasteiger partial charge in [-0.3, -0.25) is 5.10 Å². The number of nitrogens with two attached hydrogens (primary N) is 1. The molecular formula is C11H14N4OS. The average Bonchev–Trinajstić information content (AvgIpc) is 2.62. The number of nitrogens with zero attached hydrogens (tertiary/aromatic N) is 2. The highest BCUT2D eigenvalue weighted by molar-refractivity contribution is 7.71. The summed E-state index contributed by atoms with van der Waals surface area (Å²) in [7, 11) is 0. The number of aromatic nitrogens is 3. The maximum absolute atomic E-state index is 5.67. The number of hydrogen-bond acceptors (Lipinski definition) is 4. The molecule has 0 aliphatic carbocycles. The summed E-state index contributed by atoms with van der Waals surface area (Å²) >= 11 is 4.92. The lowest BCUT2D eigenvalue weighted by molar-refractivity contribution is 0.290. The van der Waals surface area contributed by atoms with Gasteiger partial charge in [-0.15, -0.1) is 0 Å². The predicted octanol–water partition coefficient (Wildman–Crippen LogP) is 1.85. The van der Waals surface area contributed by atoms with E-state index in [1.165, 1.54) is 4.68 Å². The van der Waals surface area contributed by atoms with Crippen molar-refractivity contribution in [3.63, 3.8) is 0 Å². The lowest BCUT2D eigenvalue weighted by atomic mass is 10.1. The van der Waals surface area contributed by atoms with Crippen molar-refractivity contribution in [2.45, 2.75) is 20.5 Å². The first-order valence-electron chi connectivity index (χ1n) is 5.19. The molecule has 5 nitrogen and oxygen atoms in total. The minimum Gasteiger partial charge on any atom is -0.485 e. The van der Waals surface area contributed by atoms with E-state index in [1.54, 1.807) is 0 Å². The fourth-order valence-corrected chi connectivity index (χ4v) is 1.60. The Morgan fingerprint density at radius 3 is 2.88 bits per heavy atom. The lowest BCUT2D eigenvalue weighted by Crippen LogP contribution is -2.14. The third-order valence-corrected chi connectivity index (χ3v) is 2.77. The van der Waals surface area contributed by atoms with Crippen molar-refractivity contribution in [2.24, 2.45) is 0 Å². The molecule has 0 bridgehead atoms. The number of aromatic amines is 1. The van der Waals surface area contributed by atoms with Crippen LogP contribution >= 0.6 is 12.2 Å². The van der Waals surface area contributed by atoms with Crippen molar-refractivity contribution < 1.29 is 4.74 Å². The van der Waals surface area contributed by atoms with Crippen LogP contribution in [0.5, 0.6) is 5.75 Å². The van der Waals surface area contributed by atoms with E-state index in [2.05, 4.69) is 10.2 Å². The molecule has 2 aromatic rings. The number of hydrogen-bond donors (Lipinski definition) is 2. The van der Waals surface area contributed by atoms with Crippen LogP contribution in [-0.2, 0) is 6.61 Å². The summed E-state index contributed by atoms with van der Waals surface area (Å²) < 4.78 is 7.35. The highest BCUT2D eigenvalue weighted by Crippen LogP contribution is 2.19. The summed E-state index contributed by atoms with van der Waals surface area (Å²) in [6, 6.07) is 6.04. The minimum absolute atomic E-state index is 0.286. The largest absolute Gasteiger partial charge is 0.485 e. The monoisotopic (exact) mass is 250 g/mol. The maximum atomic E-state index is 5.67. The van der Waals surface area contributed by atoms with Gasteiger partial charge in [0.15, 0.2) is 5.82 Å². The molecule has 0 aliphatic rings. The SMILES string of the molecule is Cc1ccc(C)c(OCc2n[nH]c(=S)n2N)c1. The molecule has 1 aromatic carbocycles. The Morgan fingerprint density at radius 1 is 1.47 bits per heavy atom. The standard InChI is InChI=1S/C11H14N4OS/c1-7-3-4-8(2)9(5-7)16-6-10-13-14-11(17)15(10)12/h3-5H,6,12H2,1-2H3,(H,14,17). The second-order valence-electron chi connectivity index (χ2n) is 3.87. The van der Waals surface area contributed by atoms with Crippen LogP contribution in [0, 0.1) is 18.6 Å². The van der Waals surface area contributed by atoms with Crippen molar-refractivity contribution in [3.8, 4) is 5.75 Å². The molecule has 0 amide bonds. The molecule has 3 N–H and O–H groups in total. The van der Waals surface area contributed by atoms with E-state index in [4.69, 9.17) is 22.8 Å². The summed E-state index contributed by atoms with van der Waals surface area (Å²) in [5.41, 5.74) is 2.23. The predicted molar refractivity (Wildman–Crippen MR) is 67.8 cm³/mol. The summed E-state index contributed by atoms with van der Waals surface area (Å²) in [5.74, 6) is 7.07. The van der Waals surface area contributed by atoms with Gasteiger partial charge in [-0.2, -0.15) is 5.10 Å². The van der Waals surface area contributed by atoms with E-state index in [9.17, 15) is 0 Å². The van der Waals surface area contributed by atoms with Crippen LogP contribution < -0.4 is 10.6 Å². The average molecular weight is 250 g/mol. The van der Waals surface area contributed by atoms with E-state index in [0.717, 1.165) is 16.9 Å². The maximum Gasteiger partial charge on any atom is 0.214 e. The number of ether oxygens (including phenoxy) is 1. The zero-order valence-electron chi connectivity index (χ0n) is 9.73. The van der Waals surface area contributed by atoms with Gasteiger partial charge in [-0.25, -0.2) is 4.68 Å². The highest BCUT2D eigenvalue weighted by Gasteiger charge is 2.05. The summed E-state index contributed by atoms with van der Waals surface area (Å²) in [4.78, 5) is 0. The van der Waals surface area contributed by atoms with Gasteiger partial charge < -0.3 is 10.6 Å². The first-order chi connectivity index (χ1) is 8.08. The van der Waals surface area contributed by atoms with E-state index < -0.39 is 0 Å². The number of benzene rings is 1. The van der Waals surface area contributed by atoms with Gasteiger partial charge >= 0.3 is 0 Å². The molecule has 0 spiro atoms. The van der Waals surface area contributed by atoms with Crippen molar-refractivity contribution >= 4 is 12.2 Å². The third kappa shape index (κ3) is 2.47. The van der Waals surface area contributed by atoms with Gasteiger partial charge in [0.2, 0.25) is 4.77 Å². The fourth-order valence-electron chi connectivity index (χ4n) is 1.44. The molecule has 0 atom stereocenters. The van der Waals surface area contributed by atoms with Crippen LogP contribution in [0.15, 0.2) is 18.2 Å². The van der Waals surface area contributed by atoms with Gasteiger partial charge in [0.1, 0.15) is 12.4 Å².